The molecule has 3 aromatic rings. The zero-order valence-electron chi connectivity index (χ0n) is 15.9. The normalized spacial score (nSPS) is 16.5. The van der Waals surface area contributed by atoms with Crippen molar-refractivity contribution in [2.75, 3.05) is 20.2 Å². The van der Waals surface area contributed by atoms with E-state index >= 15 is 0 Å². The van der Waals surface area contributed by atoms with Gasteiger partial charge in [-0.15, -0.1) is 0 Å². The van der Waals surface area contributed by atoms with Gasteiger partial charge in [-0.1, -0.05) is 17.7 Å². The summed E-state index contributed by atoms with van der Waals surface area (Å²) in [5, 5.41) is 1.62. The fourth-order valence-electron chi connectivity index (χ4n) is 4.00. The fraction of sp³-hybridized carbons (Fsp3) is 0.333. The third-order valence-corrected chi connectivity index (χ3v) is 8.10. The van der Waals surface area contributed by atoms with Gasteiger partial charge in [0.1, 0.15) is 5.75 Å². The molecule has 1 saturated heterocycles. The van der Waals surface area contributed by atoms with Crippen molar-refractivity contribution >= 4 is 32.5 Å². The molecule has 0 spiro atoms. The number of methoxy groups -OCH3 is 1. The van der Waals surface area contributed by atoms with E-state index in [0.29, 0.717) is 34.5 Å². The molecule has 0 aliphatic carbocycles. The van der Waals surface area contributed by atoms with Gasteiger partial charge < -0.3 is 9.72 Å². The Morgan fingerprint density at radius 2 is 1.93 bits per heavy atom. The van der Waals surface area contributed by atoms with E-state index in [1.165, 1.54) is 5.56 Å². The first-order valence-corrected chi connectivity index (χ1v) is 11.1. The third kappa shape index (κ3) is 3.30. The number of benzene rings is 2. The molecule has 0 radical (unpaired) electrons. The van der Waals surface area contributed by atoms with Crippen LogP contribution in [0.3, 0.4) is 0 Å². The van der Waals surface area contributed by atoms with Gasteiger partial charge in [0.05, 0.1) is 12.0 Å². The smallest absolute Gasteiger partial charge is 0.243 e. The highest BCUT2D eigenvalue weighted by molar-refractivity contribution is 7.89. The maximum atomic E-state index is 13.1. The Morgan fingerprint density at radius 3 is 2.64 bits per heavy atom. The highest BCUT2D eigenvalue weighted by Crippen LogP contribution is 2.36. The van der Waals surface area contributed by atoms with Crippen LogP contribution in [0, 0.1) is 6.92 Å². The molecule has 0 atom stereocenters. The van der Waals surface area contributed by atoms with Crippen LogP contribution >= 0.6 is 11.6 Å². The topological polar surface area (TPSA) is 62.4 Å². The second-order valence-electron chi connectivity index (χ2n) is 7.20. The van der Waals surface area contributed by atoms with Crippen molar-refractivity contribution in [2.24, 2.45) is 0 Å². The maximum Gasteiger partial charge on any atom is 0.243 e. The monoisotopic (exact) mass is 418 g/mol. The second-order valence-corrected chi connectivity index (χ2v) is 9.51. The first kappa shape index (κ1) is 19.3. The fourth-order valence-corrected chi connectivity index (χ4v) is 5.95. The summed E-state index contributed by atoms with van der Waals surface area (Å²) >= 11 is 6.13. The molecular formula is C21H23ClN2O3S. The lowest BCUT2D eigenvalue weighted by Crippen LogP contribution is -2.38. The number of aromatic amines is 1. The molecule has 1 fully saturated rings. The van der Waals surface area contributed by atoms with Crippen LogP contribution in [0.4, 0.5) is 0 Å². The standard InChI is InChI=1S/C21H23ClN2O3S/c1-14-19(22)4-3-5-21(14)28(25,26)24-10-8-15(9-11-24)18-13-23-20-7-6-16(27-2)12-17(18)20/h3-7,12-13,15,23H,8-11H2,1-2H3. The molecule has 1 aromatic heterocycles. The van der Waals surface area contributed by atoms with Gasteiger partial charge in [0.2, 0.25) is 10.0 Å². The molecule has 1 aliphatic rings. The number of nitrogens with zero attached hydrogens (tertiary/aromatic N) is 1. The molecule has 28 heavy (non-hydrogen) atoms. The van der Waals surface area contributed by atoms with E-state index in [1.807, 2.05) is 24.4 Å². The van der Waals surface area contributed by atoms with Gasteiger partial charge in [-0.05, 0) is 67.1 Å². The summed E-state index contributed by atoms with van der Waals surface area (Å²) in [6, 6.07) is 11.0. The average Bonchev–Trinajstić information content (AvgIpc) is 3.13. The molecule has 5 nitrogen and oxygen atoms in total. The molecule has 0 bridgehead atoms. The predicted octanol–water partition coefficient (Wildman–Crippen LogP) is 4.71. The van der Waals surface area contributed by atoms with Crippen molar-refractivity contribution in [3.63, 3.8) is 0 Å². The lowest BCUT2D eigenvalue weighted by Gasteiger charge is -2.31. The largest absolute Gasteiger partial charge is 0.497 e. The quantitative estimate of drug-likeness (QED) is 0.667. The number of aromatic nitrogens is 1. The SMILES string of the molecule is COc1ccc2[nH]cc(C3CCN(S(=O)(=O)c4cccc(Cl)c4C)CC3)c2c1. The molecule has 1 N–H and O–H groups in total. The van der Waals surface area contributed by atoms with Crippen LogP contribution in [0.25, 0.3) is 10.9 Å². The predicted molar refractivity (Wildman–Crippen MR) is 112 cm³/mol. The Morgan fingerprint density at radius 1 is 1.18 bits per heavy atom. The number of H-pyrrole nitrogens is 1. The van der Waals surface area contributed by atoms with Crippen molar-refractivity contribution in [1.29, 1.82) is 0 Å². The van der Waals surface area contributed by atoms with E-state index < -0.39 is 10.0 Å². The number of rotatable bonds is 4. The molecule has 0 amide bonds. The van der Waals surface area contributed by atoms with Crippen molar-refractivity contribution in [1.82, 2.24) is 9.29 Å². The summed E-state index contributed by atoms with van der Waals surface area (Å²) in [4.78, 5) is 3.62. The number of sulfonamides is 1. The molecule has 4 rings (SSSR count). The minimum Gasteiger partial charge on any atom is -0.497 e. The van der Waals surface area contributed by atoms with E-state index in [0.717, 1.165) is 29.5 Å². The first-order valence-electron chi connectivity index (χ1n) is 9.32. The Kier molecular flexibility index (Phi) is 5.12. The van der Waals surface area contributed by atoms with E-state index in [2.05, 4.69) is 4.98 Å². The number of nitrogens with one attached hydrogen (secondary N) is 1. The van der Waals surface area contributed by atoms with Crippen LogP contribution in [0.5, 0.6) is 5.75 Å². The van der Waals surface area contributed by atoms with Gasteiger partial charge in [0.15, 0.2) is 0 Å². The van der Waals surface area contributed by atoms with Gasteiger partial charge in [-0.3, -0.25) is 0 Å². The Balaban J connectivity index is 1.56. The van der Waals surface area contributed by atoms with Gasteiger partial charge in [-0.2, -0.15) is 4.31 Å². The minimum atomic E-state index is -3.54. The molecule has 1 aliphatic heterocycles. The number of ether oxygens (including phenoxy) is 1. The highest BCUT2D eigenvalue weighted by atomic mass is 35.5. The molecule has 0 saturated carbocycles. The Hall–Kier alpha value is -2.02. The molecule has 2 heterocycles. The molecule has 2 aromatic carbocycles. The first-order chi connectivity index (χ1) is 13.4. The highest BCUT2D eigenvalue weighted by Gasteiger charge is 2.32. The van der Waals surface area contributed by atoms with Crippen LogP contribution in [-0.2, 0) is 10.0 Å². The number of hydrogen-bond donors (Lipinski definition) is 1. The van der Waals surface area contributed by atoms with E-state index in [1.54, 1.807) is 36.5 Å². The summed E-state index contributed by atoms with van der Waals surface area (Å²) in [5.74, 6) is 1.14. The average molecular weight is 419 g/mol. The molecule has 7 heteroatoms. The lowest BCUT2D eigenvalue weighted by molar-refractivity contribution is 0.320. The molecule has 0 unspecified atom stereocenters. The van der Waals surface area contributed by atoms with Crippen LogP contribution in [0.1, 0.15) is 29.9 Å². The maximum absolute atomic E-state index is 13.1. The summed E-state index contributed by atoms with van der Waals surface area (Å²) < 4.78 is 33.1. The van der Waals surface area contributed by atoms with E-state index in [9.17, 15) is 8.42 Å². The van der Waals surface area contributed by atoms with Gasteiger partial charge in [0, 0.05) is 35.2 Å². The number of piperidine rings is 1. The number of hydrogen-bond acceptors (Lipinski definition) is 3. The Bertz CT molecular complexity index is 1120. The van der Waals surface area contributed by atoms with E-state index in [4.69, 9.17) is 16.3 Å². The summed E-state index contributed by atoms with van der Waals surface area (Å²) in [5.41, 5.74) is 2.90. The van der Waals surface area contributed by atoms with Crippen LogP contribution in [-0.4, -0.2) is 37.9 Å². The zero-order chi connectivity index (χ0) is 19.9. The molecular weight excluding hydrogens is 396 g/mol. The van der Waals surface area contributed by atoms with Crippen LogP contribution < -0.4 is 4.74 Å². The van der Waals surface area contributed by atoms with E-state index in [-0.39, 0.29) is 0 Å². The van der Waals surface area contributed by atoms with Gasteiger partial charge in [-0.25, -0.2) is 8.42 Å². The summed E-state index contributed by atoms with van der Waals surface area (Å²) in [7, 11) is -1.88. The lowest BCUT2D eigenvalue weighted by atomic mass is 9.90. The summed E-state index contributed by atoms with van der Waals surface area (Å²) in [6.07, 6.45) is 3.60. The van der Waals surface area contributed by atoms with Gasteiger partial charge >= 0.3 is 0 Å². The minimum absolute atomic E-state index is 0.301. The molecule has 148 valence electrons. The van der Waals surface area contributed by atoms with Crippen molar-refractivity contribution in [2.45, 2.75) is 30.6 Å². The van der Waals surface area contributed by atoms with Crippen LogP contribution in [0.2, 0.25) is 5.02 Å². The van der Waals surface area contributed by atoms with Crippen LogP contribution in [0.15, 0.2) is 47.5 Å². The number of halogens is 1. The zero-order valence-corrected chi connectivity index (χ0v) is 17.5. The number of fused-ring (bicyclic) bond motifs is 1. The van der Waals surface area contributed by atoms with Crippen molar-refractivity contribution in [3.8, 4) is 5.75 Å². The Labute approximate surface area is 170 Å². The third-order valence-electron chi connectivity index (χ3n) is 5.65. The van der Waals surface area contributed by atoms with Crippen molar-refractivity contribution < 1.29 is 13.2 Å². The summed E-state index contributed by atoms with van der Waals surface area (Å²) in [6.45, 7) is 2.74. The second kappa shape index (κ2) is 7.43. The van der Waals surface area contributed by atoms with Crippen molar-refractivity contribution in [3.05, 3.63) is 58.7 Å². The van der Waals surface area contributed by atoms with Gasteiger partial charge in [0.25, 0.3) is 0 Å².